The number of fused-ring (bicyclic) bond motifs is 3. The summed E-state index contributed by atoms with van der Waals surface area (Å²) in [5.41, 5.74) is 18.5. The van der Waals surface area contributed by atoms with Crippen molar-refractivity contribution in [3.63, 3.8) is 0 Å². The molecule has 3 heterocycles. The molecule has 0 radical (unpaired) electrons. The molecule has 1 aromatic heterocycles. The van der Waals surface area contributed by atoms with Gasteiger partial charge in [-0.25, -0.2) is 0 Å². The zero-order chi connectivity index (χ0) is 53.6. The van der Waals surface area contributed by atoms with Crippen LogP contribution in [0.5, 0.6) is 0 Å². The minimum Gasteiger partial charge on any atom is -0.370 e. The quantitative estimate of drug-likeness (QED) is 0.0373. The van der Waals surface area contributed by atoms with Crippen molar-refractivity contribution in [1.29, 1.82) is 0 Å². The number of nitrogens with zero attached hydrogens (tertiary/aromatic N) is 2. The molecule has 0 unspecified atom stereocenters. The highest BCUT2D eigenvalue weighted by atomic mass is 16.2. The molecule has 0 aliphatic carbocycles. The molecule has 4 aromatic rings. The first kappa shape index (κ1) is 55.3. The number of aliphatic imine (C=N–C) groups is 1. The smallest absolute Gasteiger partial charge is 0.243 e. The van der Waals surface area contributed by atoms with Gasteiger partial charge in [-0.1, -0.05) is 88.4 Å². The van der Waals surface area contributed by atoms with Crippen LogP contribution in [0.2, 0.25) is 0 Å². The van der Waals surface area contributed by atoms with Crippen LogP contribution in [0.3, 0.4) is 0 Å². The summed E-state index contributed by atoms with van der Waals surface area (Å²) in [7, 11) is 0. The van der Waals surface area contributed by atoms with Gasteiger partial charge in [0, 0.05) is 49.5 Å². The van der Waals surface area contributed by atoms with Crippen LogP contribution >= 0.6 is 0 Å². The van der Waals surface area contributed by atoms with E-state index in [1.165, 1.54) is 4.90 Å². The van der Waals surface area contributed by atoms with Crippen molar-refractivity contribution in [2.45, 2.75) is 121 Å². The van der Waals surface area contributed by atoms with Crippen molar-refractivity contribution in [1.82, 2.24) is 47.1 Å². The van der Waals surface area contributed by atoms with Gasteiger partial charge in [0.15, 0.2) is 5.96 Å². The molecular weight excluding hydrogens is 951 g/mol. The van der Waals surface area contributed by atoms with E-state index in [9.17, 15) is 43.2 Å². The Bertz CT molecular complexity index is 2750. The number of primary amides is 1. The highest BCUT2D eigenvalue weighted by molar-refractivity contribution is 5.99. The first-order valence-electron chi connectivity index (χ1n) is 25.0. The third-order valence-corrected chi connectivity index (χ3v) is 13.3. The largest absolute Gasteiger partial charge is 0.370 e. The van der Waals surface area contributed by atoms with Crippen molar-refractivity contribution < 1.29 is 43.2 Å². The predicted octanol–water partition coefficient (Wildman–Crippen LogP) is -0.233. The van der Waals surface area contributed by atoms with Gasteiger partial charge >= 0.3 is 0 Å². The van der Waals surface area contributed by atoms with Crippen LogP contribution < -0.4 is 54.4 Å². The summed E-state index contributed by atoms with van der Waals surface area (Å²) >= 11 is 0. The van der Waals surface area contributed by atoms with Crippen LogP contribution in [0, 0.1) is 11.8 Å². The SMILES string of the molecule is CC(C)[C@H](NC(=O)[C@@H](NC(=O)[C@H]1CCC(=O)N2CCC[C@H]2C(=O)N[C@@H](Cc2ccc3ccccc3c2)C(=O)N[C@@H](CCCN=C(N)N)C(=O)N[C@H](Cc2c[nH]c3ccccc23)C(=O)N1)C(C)C)C(=O)NCC(N)=O. The second-order valence-corrected chi connectivity index (χ2v) is 19.6. The summed E-state index contributed by atoms with van der Waals surface area (Å²) in [6, 6.07) is 11.9. The zero-order valence-corrected chi connectivity index (χ0v) is 42.2. The number of nitrogens with two attached hydrogens (primary N) is 3. The standard InChI is InChI=1S/C52H69N13O9/c1-28(2)43(50(73)58-27-41(53)66)64-51(74)44(29(3)4)63-46(69)37-19-20-42(67)65-22-10-16-40(65)49(72)62-38(24-30-17-18-31-11-5-6-12-32(31)23-30)47(70)59-36(15-9-21-56-52(54)55)45(68)61-39(48(71)60-37)25-33-26-57-35-14-8-7-13-34(33)35/h5-8,11-14,17-18,23,26,28-29,36-40,43-44,57H,9-10,15-16,19-22,24-25,27H2,1-4H3,(H2,53,66)(H,58,73)(H,59,70)(H,60,71)(H,61,68)(H,62,72)(H,63,69)(H,64,74)(H4,54,55,56)/t36-,37+,38-,39+,40-,43-,44-/m0/s1. The van der Waals surface area contributed by atoms with E-state index < -0.39 is 114 Å². The van der Waals surface area contributed by atoms with E-state index >= 15 is 0 Å². The monoisotopic (exact) mass is 1020 g/mol. The molecule has 22 heteroatoms. The number of H-pyrrole nitrogens is 1. The van der Waals surface area contributed by atoms with Gasteiger partial charge in [0.1, 0.15) is 42.3 Å². The summed E-state index contributed by atoms with van der Waals surface area (Å²) in [6.07, 6.45) is 1.90. The fraction of sp³-hybridized carbons (Fsp3) is 0.462. The molecule has 6 rings (SSSR count). The number of rotatable bonds is 17. The Kier molecular flexibility index (Phi) is 19.1. The van der Waals surface area contributed by atoms with Crippen LogP contribution in [-0.2, 0) is 56.0 Å². The van der Waals surface area contributed by atoms with Crippen LogP contribution in [0.15, 0.2) is 77.9 Å². The maximum atomic E-state index is 14.8. The Hall–Kier alpha value is -8.04. The number of guanidine groups is 1. The lowest BCUT2D eigenvalue weighted by molar-refractivity contribution is -0.140. The predicted molar refractivity (Wildman–Crippen MR) is 277 cm³/mol. The molecule has 22 nitrogen and oxygen atoms in total. The molecule has 2 aliphatic rings. The first-order valence-corrected chi connectivity index (χ1v) is 25.0. The lowest BCUT2D eigenvalue weighted by Gasteiger charge is -2.29. The van der Waals surface area contributed by atoms with E-state index in [0.717, 1.165) is 21.7 Å². The molecule has 3 aromatic carbocycles. The molecule has 0 spiro atoms. The molecule has 2 saturated heterocycles. The Morgan fingerprint density at radius 1 is 0.716 bits per heavy atom. The van der Waals surface area contributed by atoms with Crippen molar-refractivity contribution in [3.8, 4) is 0 Å². The minimum absolute atomic E-state index is 0.00845. The maximum Gasteiger partial charge on any atom is 0.243 e. The van der Waals surface area contributed by atoms with Gasteiger partial charge in [-0.15, -0.1) is 0 Å². The second-order valence-electron chi connectivity index (χ2n) is 19.6. The van der Waals surface area contributed by atoms with Crippen LogP contribution in [0.1, 0.15) is 77.3 Å². The second kappa shape index (κ2) is 25.6. The number of carbonyl (C=O) groups is 9. The van der Waals surface area contributed by atoms with E-state index in [1.807, 2.05) is 66.7 Å². The molecule has 2 fully saturated rings. The van der Waals surface area contributed by atoms with Gasteiger partial charge in [-0.3, -0.25) is 48.1 Å². The van der Waals surface area contributed by atoms with E-state index in [-0.39, 0.29) is 64.0 Å². The summed E-state index contributed by atoms with van der Waals surface area (Å²) in [4.78, 5) is 134. The van der Waals surface area contributed by atoms with Gasteiger partial charge < -0.3 is 64.3 Å². The van der Waals surface area contributed by atoms with Crippen molar-refractivity contribution >= 4 is 80.8 Å². The number of carbonyl (C=O) groups excluding carboxylic acids is 9. The van der Waals surface area contributed by atoms with E-state index in [2.05, 4.69) is 47.2 Å². The normalized spacial score (nSPS) is 20.9. The lowest BCUT2D eigenvalue weighted by Crippen LogP contribution is -2.61. The Labute approximate surface area is 428 Å². The van der Waals surface area contributed by atoms with Gasteiger partial charge in [0.05, 0.1) is 6.54 Å². The summed E-state index contributed by atoms with van der Waals surface area (Å²) in [5, 5.41) is 21.7. The Balaban J connectivity index is 1.37. The molecule has 0 bridgehead atoms. The molecule has 7 atom stereocenters. The summed E-state index contributed by atoms with van der Waals surface area (Å²) in [6.45, 7) is 6.51. The van der Waals surface area contributed by atoms with Crippen LogP contribution in [0.4, 0.5) is 0 Å². The van der Waals surface area contributed by atoms with E-state index in [4.69, 9.17) is 17.2 Å². The average molecular weight is 1020 g/mol. The Morgan fingerprint density at radius 3 is 2.07 bits per heavy atom. The number of nitrogens with one attached hydrogen (secondary N) is 8. The highest BCUT2D eigenvalue weighted by Gasteiger charge is 2.39. The van der Waals surface area contributed by atoms with Crippen molar-refractivity contribution in [2.24, 2.45) is 34.0 Å². The summed E-state index contributed by atoms with van der Waals surface area (Å²) in [5.74, 6) is -7.65. The number of amides is 9. The fourth-order valence-corrected chi connectivity index (χ4v) is 9.27. The van der Waals surface area contributed by atoms with Crippen LogP contribution in [-0.4, -0.2) is 131 Å². The topological polar surface area (TPSA) is 347 Å². The molecule has 9 amide bonds. The molecule has 74 heavy (non-hydrogen) atoms. The fourth-order valence-electron chi connectivity index (χ4n) is 9.27. The molecule has 396 valence electrons. The third kappa shape index (κ3) is 14.8. The molecule has 2 aliphatic heterocycles. The molecule has 14 N–H and O–H groups in total. The minimum atomic E-state index is -1.49. The van der Waals surface area contributed by atoms with Crippen LogP contribution in [0.25, 0.3) is 21.7 Å². The Morgan fingerprint density at radius 2 is 1.35 bits per heavy atom. The van der Waals surface area contributed by atoms with Gasteiger partial charge in [0.25, 0.3) is 0 Å². The number of aromatic nitrogens is 1. The third-order valence-electron chi connectivity index (χ3n) is 13.3. The number of aromatic amines is 1. The summed E-state index contributed by atoms with van der Waals surface area (Å²) < 4.78 is 0. The van der Waals surface area contributed by atoms with Gasteiger partial charge in [0.2, 0.25) is 53.2 Å². The number of hydrogen-bond donors (Lipinski definition) is 11. The highest BCUT2D eigenvalue weighted by Crippen LogP contribution is 2.23. The molecular formula is C52H69N13O9. The first-order chi connectivity index (χ1) is 35.3. The number of para-hydroxylation sites is 1. The van der Waals surface area contributed by atoms with Crippen molar-refractivity contribution in [3.05, 3.63) is 84.1 Å². The van der Waals surface area contributed by atoms with Gasteiger partial charge in [-0.05, 0) is 71.9 Å². The lowest BCUT2D eigenvalue weighted by atomic mass is 9.98. The van der Waals surface area contributed by atoms with Crippen molar-refractivity contribution in [2.75, 3.05) is 19.6 Å². The average Bonchev–Trinajstić information content (AvgIpc) is 4.03. The van der Waals surface area contributed by atoms with E-state index in [1.54, 1.807) is 33.9 Å². The number of hydrogen-bond acceptors (Lipinski definition) is 10. The molecule has 0 saturated carbocycles. The van der Waals surface area contributed by atoms with Gasteiger partial charge in [-0.2, -0.15) is 0 Å². The number of benzene rings is 3. The zero-order valence-electron chi connectivity index (χ0n) is 42.2. The van der Waals surface area contributed by atoms with E-state index in [0.29, 0.717) is 17.5 Å². The maximum absolute atomic E-state index is 14.8.